The highest BCUT2D eigenvalue weighted by atomic mass is 79.9. The summed E-state index contributed by atoms with van der Waals surface area (Å²) < 4.78 is 1.02. The first kappa shape index (κ1) is 12.3. The molecule has 3 heteroatoms. The number of halogens is 2. The SMILES string of the molecule is N#Cc1cc(CBr)c(Br)cc1-c1ccccc1. The highest BCUT2D eigenvalue weighted by molar-refractivity contribution is 9.10. The van der Waals surface area contributed by atoms with Gasteiger partial charge in [0.1, 0.15) is 0 Å². The van der Waals surface area contributed by atoms with Gasteiger partial charge < -0.3 is 0 Å². The van der Waals surface area contributed by atoms with Crippen LogP contribution in [0.3, 0.4) is 0 Å². The van der Waals surface area contributed by atoms with Crippen molar-refractivity contribution in [3.05, 3.63) is 58.1 Å². The summed E-state index contributed by atoms with van der Waals surface area (Å²) in [4.78, 5) is 0. The standard InChI is InChI=1S/C14H9Br2N/c15-8-11-6-12(9-17)13(7-14(11)16)10-4-2-1-3-5-10/h1-7H,8H2. The Balaban J connectivity index is 2.63. The van der Waals surface area contributed by atoms with Crippen LogP contribution in [-0.4, -0.2) is 0 Å². The predicted octanol–water partition coefficient (Wildman–Crippen LogP) is 4.88. The molecule has 0 spiro atoms. The quantitative estimate of drug-likeness (QED) is 0.708. The van der Waals surface area contributed by atoms with Crippen molar-refractivity contribution in [1.29, 1.82) is 5.26 Å². The van der Waals surface area contributed by atoms with E-state index in [2.05, 4.69) is 37.9 Å². The van der Waals surface area contributed by atoms with Crippen molar-refractivity contribution in [3.63, 3.8) is 0 Å². The molecule has 0 bridgehead atoms. The Hall–Kier alpha value is -1.11. The topological polar surface area (TPSA) is 23.8 Å². The summed E-state index contributed by atoms with van der Waals surface area (Å²) in [5, 5.41) is 9.94. The fourth-order valence-electron chi connectivity index (χ4n) is 1.67. The average Bonchev–Trinajstić information content (AvgIpc) is 2.39. The summed E-state index contributed by atoms with van der Waals surface area (Å²) in [5.41, 5.74) is 3.81. The molecule has 0 aliphatic heterocycles. The van der Waals surface area contributed by atoms with E-state index in [9.17, 15) is 5.26 Å². The summed E-state index contributed by atoms with van der Waals surface area (Å²) in [6, 6.07) is 16.1. The van der Waals surface area contributed by atoms with Crippen LogP contribution in [-0.2, 0) is 5.33 Å². The zero-order chi connectivity index (χ0) is 12.3. The Kier molecular flexibility index (Phi) is 3.98. The Morgan fingerprint density at radius 2 is 1.82 bits per heavy atom. The van der Waals surface area contributed by atoms with Gasteiger partial charge >= 0.3 is 0 Å². The second-order valence-electron chi connectivity index (χ2n) is 3.60. The zero-order valence-corrected chi connectivity index (χ0v) is 12.1. The monoisotopic (exact) mass is 349 g/mol. The number of hydrogen-bond donors (Lipinski definition) is 0. The van der Waals surface area contributed by atoms with Gasteiger partial charge in [0.15, 0.2) is 0 Å². The smallest absolute Gasteiger partial charge is 0.0998 e. The van der Waals surface area contributed by atoms with Crippen molar-refractivity contribution in [2.75, 3.05) is 0 Å². The lowest BCUT2D eigenvalue weighted by molar-refractivity contribution is 1.37. The maximum atomic E-state index is 9.21. The van der Waals surface area contributed by atoms with Gasteiger partial charge in [-0.25, -0.2) is 0 Å². The third-order valence-corrected chi connectivity index (χ3v) is 3.88. The number of rotatable bonds is 2. The summed E-state index contributed by atoms with van der Waals surface area (Å²) in [5.74, 6) is 0. The molecule has 0 saturated carbocycles. The van der Waals surface area contributed by atoms with Crippen LogP contribution >= 0.6 is 31.9 Å². The van der Waals surface area contributed by atoms with E-state index in [1.165, 1.54) is 0 Å². The number of benzene rings is 2. The predicted molar refractivity (Wildman–Crippen MR) is 76.9 cm³/mol. The van der Waals surface area contributed by atoms with Gasteiger partial charge in [-0.05, 0) is 23.3 Å². The van der Waals surface area contributed by atoms with E-state index in [-0.39, 0.29) is 0 Å². The molecule has 0 aliphatic carbocycles. The maximum absolute atomic E-state index is 9.21. The second-order valence-corrected chi connectivity index (χ2v) is 5.02. The number of nitriles is 1. The van der Waals surface area contributed by atoms with Crippen molar-refractivity contribution in [1.82, 2.24) is 0 Å². The van der Waals surface area contributed by atoms with Crippen molar-refractivity contribution < 1.29 is 0 Å². The van der Waals surface area contributed by atoms with Crippen LogP contribution < -0.4 is 0 Å². The molecular weight excluding hydrogens is 342 g/mol. The van der Waals surface area contributed by atoms with E-state index in [0.717, 1.165) is 26.5 Å². The normalized spacial score (nSPS) is 9.94. The minimum Gasteiger partial charge on any atom is -0.192 e. The molecule has 1 nitrogen and oxygen atoms in total. The molecule has 2 aromatic rings. The molecule has 2 aromatic carbocycles. The largest absolute Gasteiger partial charge is 0.192 e. The van der Waals surface area contributed by atoms with E-state index < -0.39 is 0 Å². The van der Waals surface area contributed by atoms with Crippen molar-refractivity contribution in [2.24, 2.45) is 0 Å². The molecule has 17 heavy (non-hydrogen) atoms. The number of hydrogen-bond acceptors (Lipinski definition) is 1. The van der Waals surface area contributed by atoms with Gasteiger partial charge in [0.05, 0.1) is 11.6 Å². The highest BCUT2D eigenvalue weighted by Crippen LogP contribution is 2.30. The highest BCUT2D eigenvalue weighted by Gasteiger charge is 2.09. The molecule has 0 aromatic heterocycles. The Labute approximate surface area is 117 Å². The molecule has 0 amide bonds. The molecule has 2 rings (SSSR count). The van der Waals surface area contributed by atoms with Gasteiger partial charge in [-0.2, -0.15) is 5.26 Å². The summed E-state index contributed by atoms with van der Waals surface area (Å²) in [6.45, 7) is 0. The molecule has 84 valence electrons. The van der Waals surface area contributed by atoms with E-state index in [1.807, 2.05) is 42.5 Å². The molecule has 0 fully saturated rings. The number of nitrogens with zero attached hydrogens (tertiary/aromatic N) is 1. The van der Waals surface area contributed by atoms with E-state index >= 15 is 0 Å². The lowest BCUT2D eigenvalue weighted by Crippen LogP contribution is -1.89. The van der Waals surface area contributed by atoms with Crippen LogP contribution in [0.1, 0.15) is 11.1 Å². The molecule has 0 saturated heterocycles. The minimum absolute atomic E-state index is 0.703. The second kappa shape index (κ2) is 5.48. The molecule has 0 heterocycles. The van der Waals surface area contributed by atoms with E-state index in [1.54, 1.807) is 0 Å². The molecule has 0 N–H and O–H groups in total. The van der Waals surface area contributed by atoms with Crippen molar-refractivity contribution >= 4 is 31.9 Å². The Morgan fingerprint density at radius 1 is 1.12 bits per heavy atom. The number of alkyl halides is 1. The van der Waals surface area contributed by atoms with Gasteiger partial charge in [-0.15, -0.1) is 0 Å². The van der Waals surface area contributed by atoms with Crippen molar-refractivity contribution in [2.45, 2.75) is 5.33 Å². The van der Waals surface area contributed by atoms with Crippen LogP contribution in [0.2, 0.25) is 0 Å². The fraction of sp³-hybridized carbons (Fsp3) is 0.0714. The van der Waals surface area contributed by atoms with Gasteiger partial charge in [0.2, 0.25) is 0 Å². The molecule has 0 atom stereocenters. The first-order valence-electron chi connectivity index (χ1n) is 5.10. The molecule has 0 unspecified atom stereocenters. The molecule has 0 radical (unpaired) electrons. The van der Waals surface area contributed by atoms with Crippen LogP contribution in [0.5, 0.6) is 0 Å². The Morgan fingerprint density at radius 3 is 2.41 bits per heavy atom. The third kappa shape index (κ3) is 2.59. The summed E-state index contributed by atoms with van der Waals surface area (Å²) in [6.07, 6.45) is 0. The molecule has 0 aliphatic rings. The summed E-state index contributed by atoms with van der Waals surface area (Å²) in [7, 11) is 0. The van der Waals surface area contributed by atoms with Gasteiger partial charge in [-0.3, -0.25) is 0 Å². The van der Waals surface area contributed by atoms with Crippen LogP contribution in [0, 0.1) is 11.3 Å². The fourth-order valence-corrected chi connectivity index (χ4v) is 2.99. The molecular formula is C14H9Br2N. The van der Waals surface area contributed by atoms with E-state index in [4.69, 9.17) is 0 Å². The van der Waals surface area contributed by atoms with Gasteiger partial charge in [0, 0.05) is 15.4 Å². The van der Waals surface area contributed by atoms with Crippen LogP contribution in [0.4, 0.5) is 0 Å². The first-order valence-corrected chi connectivity index (χ1v) is 7.01. The lowest BCUT2D eigenvalue weighted by atomic mass is 9.99. The summed E-state index contributed by atoms with van der Waals surface area (Å²) >= 11 is 6.94. The van der Waals surface area contributed by atoms with Gasteiger partial charge in [0.25, 0.3) is 0 Å². The first-order chi connectivity index (χ1) is 8.26. The average molecular weight is 351 g/mol. The van der Waals surface area contributed by atoms with Crippen LogP contribution in [0.25, 0.3) is 11.1 Å². The zero-order valence-electron chi connectivity index (χ0n) is 8.95. The Bertz CT molecular complexity index is 571. The maximum Gasteiger partial charge on any atom is 0.0998 e. The van der Waals surface area contributed by atoms with E-state index in [0.29, 0.717) is 5.56 Å². The minimum atomic E-state index is 0.703. The lowest BCUT2D eigenvalue weighted by Gasteiger charge is -2.08. The third-order valence-electron chi connectivity index (χ3n) is 2.54. The van der Waals surface area contributed by atoms with Crippen LogP contribution in [0.15, 0.2) is 46.9 Å². The van der Waals surface area contributed by atoms with Gasteiger partial charge in [-0.1, -0.05) is 62.2 Å². The van der Waals surface area contributed by atoms with Crippen molar-refractivity contribution in [3.8, 4) is 17.2 Å².